The van der Waals surface area contributed by atoms with Crippen molar-refractivity contribution in [3.63, 3.8) is 0 Å². The molecule has 2 aromatic carbocycles. The Morgan fingerprint density at radius 1 is 0.885 bits per heavy atom. The van der Waals surface area contributed by atoms with Crippen molar-refractivity contribution in [2.45, 2.75) is 0 Å². The molecule has 0 aliphatic carbocycles. The SMILES string of the molecule is O=C(Nc1ncnc2ccc(-c3ccccc3)nc12)c1ccc(Cl)cc1. The van der Waals surface area contributed by atoms with Crippen LogP contribution < -0.4 is 5.32 Å². The Balaban J connectivity index is 1.72. The van der Waals surface area contributed by atoms with Crippen molar-refractivity contribution in [3.05, 3.63) is 83.6 Å². The minimum atomic E-state index is -0.284. The molecule has 4 aromatic rings. The Kier molecular flexibility index (Phi) is 4.29. The van der Waals surface area contributed by atoms with Crippen LogP contribution in [0.25, 0.3) is 22.3 Å². The van der Waals surface area contributed by atoms with E-state index in [1.54, 1.807) is 24.3 Å². The van der Waals surface area contributed by atoms with Crippen LogP contribution in [-0.2, 0) is 0 Å². The number of nitrogens with zero attached hydrogens (tertiary/aromatic N) is 3. The summed E-state index contributed by atoms with van der Waals surface area (Å²) in [7, 11) is 0. The Labute approximate surface area is 154 Å². The van der Waals surface area contributed by atoms with Crippen molar-refractivity contribution < 1.29 is 4.79 Å². The maximum atomic E-state index is 12.5. The molecule has 4 rings (SSSR count). The fourth-order valence-corrected chi connectivity index (χ4v) is 2.71. The Hall–Kier alpha value is -3.31. The standard InChI is InChI=1S/C20H13ClN4O/c21-15-8-6-14(7-9-15)20(26)25-19-18-17(22-12-23-19)11-10-16(24-18)13-4-2-1-3-5-13/h1-12H,(H,22,23,25,26). The molecule has 0 fully saturated rings. The number of halogens is 1. The first-order chi connectivity index (χ1) is 12.7. The average molecular weight is 361 g/mol. The van der Waals surface area contributed by atoms with Gasteiger partial charge in [0.15, 0.2) is 5.82 Å². The van der Waals surface area contributed by atoms with Gasteiger partial charge in [0, 0.05) is 16.1 Å². The molecule has 2 heterocycles. The van der Waals surface area contributed by atoms with E-state index in [4.69, 9.17) is 11.6 Å². The molecule has 0 radical (unpaired) electrons. The van der Waals surface area contributed by atoms with Crippen LogP contribution in [0.3, 0.4) is 0 Å². The zero-order chi connectivity index (χ0) is 17.9. The van der Waals surface area contributed by atoms with E-state index >= 15 is 0 Å². The summed E-state index contributed by atoms with van der Waals surface area (Å²) in [6.45, 7) is 0. The second-order valence-electron chi connectivity index (χ2n) is 5.61. The van der Waals surface area contributed by atoms with Gasteiger partial charge in [-0.3, -0.25) is 4.79 Å². The summed E-state index contributed by atoms with van der Waals surface area (Å²) < 4.78 is 0. The van der Waals surface area contributed by atoms with Crippen LogP contribution in [0.1, 0.15) is 10.4 Å². The lowest BCUT2D eigenvalue weighted by Gasteiger charge is -2.08. The summed E-state index contributed by atoms with van der Waals surface area (Å²) in [5.74, 6) is 0.0845. The molecule has 2 aromatic heterocycles. The zero-order valence-electron chi connectivity index (χ0n) is 13.6. The van der Waals surface area contributed by atoms with Gasteiger partial charge in [-0.15, -0.1) is 0 Å². The molecule has 0 bridgehead atoms. The maximum Gasteiger partial charge on any atom is 0.256 e. The monoisotopic (exact) mass is 360 g/mol. The topological polar surface area (TPSA) is 67.8 Å². The third-order valence-corrected chi connectivity index (χ3v) is 4.14. The predicted octanol–water partition coefficient (Wildman–Crippen LogP) is 4.60. The van der Waals surface area contributed by atoms with Gasteiger partial charge >= 0.3 is 0 Å². The maximum absolute atomic E-state index is 12.5. The molecule has 6 heteroatoms. The summed E-state index contributed by atoms with van der Waals surface area (Å²) >= 11 is 5.87. The minimum Gasteiger partial charge on any atom is -0.305 e. The zero-order valence-corrected chi connectivity index (χ0v) is 14.3. The van der Waals surface area contributed by atoms with Gasteiger partial charge in [-0.05, 0) is 36.4 Å². The molecular formula is C20H13ClN4O. The third kappa shape index (κ3) is 3.25. The molecule has 0 saturated carbocycles. The van der Waals surface area contributed by atoms with Crippen LogP contribution in [0, 0.1) is 0 Å². The Morgan fingerprint density at radius 3 is 2.42 bits per heavy atom. The lowest BCUT2D eigenvalue weighted by molar-refractivity contribution is 0.102. The van der Waals surface area contributed by atoms with E-state index < -0.39 is 0 Å². The summed E-state index contributed by atoms with van der Waals surface area (Å²) in [5, 5.41) is 3.38. The Bertz CT molecular complexity index is 1080. The van der Waals surface area contributed by atoms with Crippen molar-refractivity contribution in [2.75, 3.05) is 5.32 Å². The molecule has 1 N–H and O–H groups in total. The molecule has 0 spiro atoms. The largest absolute Gasteiger partial charge is 0.305 e. The number of fused-ring (bicyclic) bond motifs is 1. The molecule has 0 aliphatic heterocycles. The van der Waals surface area contributed by atoms with Crippen LogP contribution in [0.4, 0.5) is 5.82 Å². The van der Waals surface area contributed by atoms with Crippen molar-refractivity contribution >= 4 is 34.4 Å². The predicted molar refractivity (Wildman–Crippen MR) is 102 cm³/mol. The van der Waals surface area contributed by atoms with E-state index in [1.807, 2.05) is 42.5 Å². The van der Waals surface area contributed by atoms with Gasteiger partial charge in [-0.1, -0.05) is 41.9 Å². The lowest BCUT2D eigenvalue weighted by Crippen LogP contribution is -2.13. The van der Waals surface area contributed by atoms with E-state index in [1.165, 1.54) is 6.33 Å². The van der Waals surface area contributed by atoms with Crippen LogP contribution in [0.5, 0.6) is 0 Å². The van der Waals surface area contributed by atoms with Crippen molar-refractivity contribution in [1.29, 1.82) is 0 Å². The summed E-state index contributed by atoms with van der Waals surface area (Å²) in [4.78, 5) is 25.5. The van der Waals surface area contributed by atoms with Crippen LogP contribution in [0.15, 0.2) is 73.1 Å². The third-order valence-electron chi connectivity index (χ3n) is 3.89. The van der Waals surface area contributed by atoms with E-state index in [2.05, 4.69) is 20.3 Å². The summed E-state index contributed by atoms with van der Waals surface area (Å²) in [6, 6.07) is 20.2. The number of hydrogen-bond donors (Lipinski definition) is 1. The molecule has 0 unspecified atom stereocenters. The van der Waals surface area contributed by atoms with E-state index in [9.17, 15) is 4.79 Å². The number of benzene rings is 2. The van der Waals surface area contributed by atoms with Crippen LogP contribution >= 0.6 is 11.6 Å². The number of rotatable bonds is 3. The number of amides is 1. The summed E-state index contributed by atoms with van der Waals surface area (Å²) in [6.07, 6.45) is 1.41. The van der Waals surface area contributed by atoms with Crippen LogP contribution in [0.2, 0.25) is 5.02 Å². The van der Waals surface area contributed by atoms with E-state index in [0.29, 0.717) is 27.4 Å². The quantitative estimate of drug-likeness (QED) is 0.580. The summed E-state index contributed by atoms with van der Waals surface area (Å²) in [5.41, 5.74) is 3.45. The highest BCUT2D eigenvalue weighted by Crippen LogP contribution is 2.23. The number of carbonyl (C=O) groups excluding carboxylic acids is 1. The highest BCUT2D eigenvalue weighted by atomic mass is 35.5. The minimum absolute atomic E-state index is 0.284. The lowest BCUT2D eigenvalue weighted by atomic mass is 10.1. The number of aromatic nitrogens is 3. The normalized spacial score (nSPS) is 10.7. The molecule has 126 valence electrons. The Morgan fingerprint density at radius 2 is 1.65 bits per heavy atom. The van der Waals surface area contributed by atoms with Crippen molar-refractivity contribution in [2.24, 2.45) is 0 Å². The fraction of sp³-hybridized carbons (Fsp3) is 0. The van der Waals surface area contributed by atoms with E-state index in [0.717, 1.165) is 11.3 Å². The fourth-order valence-electron chi connectivity index (χ4n) is 2.58. The highest BCUT2D eigenvalue weighted by Gasteiger charge is 2.12. The first-order valence-corrected chi connectivity index (χ1v) is 8.32. The van der Waals surface area contributed by atoms with Gasteiger partial charge in [0.05, 0.1) is 11.2 Å². The molecule has 1 amide bonds. The molecule has 0 atom stereocenters. The number of nitrogens with one attached hydrogen (secondary N) is 1. The molecule has 26 heavy (non-hydrogen) atoms. The first-order valence-electron chi connectivity index (χ1n) is 7.95. The van der Waals surface area contributed by atoms with Gasteiger partial charge < -0.3 is 5.32 Å². The van der Waals surface area contributed by atoms with Gasteiger partial charge in [0.25, 0.3) is 5.91 Å². The number of anilines is 1. The molecular weight excluding hydrogens is 348 g/mol. The molecule has 5 nitrogen and oxygen atoms in total. The second kappa shape index (κ2) is 6.90. The number of hydrogen-bond acceptors (Lipinski definition) is 4. The van der Waals surface area contributed by atoms with Gasteiger partial charge in [-0.25, -0.2) is 15.0 Å². The van der Waals surface area contributed by atoms with Gasteiger partial charge in [-0.2, -0.15) is 0 Å². The first kappa shape index (κ1) is 16.2. The average Bonchev–Trinajstić information content (AvgIpc) is 2.69. The van der Waals surface area contributed by atoms with Crippen LogP contribution in [-0.4, -0.2) is 20.9 Å². The smallest absolute Gasteiger partial charge is 0.256 e. The van der Waals surface area contributed by atoms with Crippen molar-refractivity contribution in [1.82, 2.24) is 15.0 Å². The highest BCUT2D eigenvalue weighted by molar-refractivity contribution is 6.30. The van der Waals surface area contributed by atoms with Crippen molar-refractivity contribution in [3.8, 4) is 11.3 Å². The van der Waals surface area contributed by atoms with Gasteiger partial charge in [0.2, 0.25) is 0 Å². The van der Waals surface area contributed by atoms with E-state index in [-0.39, 0.29) is 5.91 Å². The van der Waals surface area contributed by atoms with Gasteiger partial charge in [0.1, 0.15) is 11.8 Å². The molecule has 0 aliphatic rings. The second-order valence-corrected chi connectivity index (χ2v) is 6.05. The number of carbonyl (C=O) groups is 1. The molecule has 0 saturated heterocycles. The number of pyridine rings is 1.